The molecule has 0 saturated carbocycles. The van der Waals surface area contributed by atoms with Gasteiger partial charge < -0.3 is 5.32 Å². The maximum absolute atomic E-state index is 14.1. The third kappa shape index (κ3) is 3.56. The van der Waals surface area contributed by atoms with Crippen molar-refractivity contribution in [3.05, 3.63) is 83.8 Å². The summed E-state index contributed by atoms with van der Waals surface area (Å²) in [6.07, 6.45) is 1.73. The number of rotatable bonds is 5. The molecule has 0 bridgehead atoms. The highest BCUT2D eigenvalue weighted by atomic mass is 35.5. The Morgan fingerprint density at radius 2 is 1.93 bits per heavy atom. The van der Waals surface area contributed by atoms with Crippen LogP contribution in [0.3, 0.4) is 0 Å². The third-order valence-electron chi connectivity index (χ3n) is 4.23. The first kappa shape index (κ1) is 18.4. The van der Waals surface area contributed by atoms with Gasteiger partial charge in [0.15, 0.2) is 0 Å². The fourth-order valence-electron chi connectivity index (χ4n) is 2.84. The molecule has 2 aromatic heterocycles. The number of nitrogens with one attached hydrogen (secondary N) is 1. The number of thiazole rings is 1. The lowest BCUT2D eigenvalue weighted by molar-refractivity contribution is 0.630. The molecule has 2 heterocycles. The Morgan fingerprint density at radius 3 is 2.71 bits per heavy atom. The van der Waals surface area contributed by atoms with Crippen molar-refractivity contribution >= 4 is 33.6 Å². The fourth-order valence-corrected chi connectivity index (χ4v) is 3.98. The van der Waals surface area contributed by atoms with Crippen molar-refractivity contribution in [1.82, 2.24) is 14.8 Å². The Labute approximate surface area is 170 Å². The van der Waals surface area contributed by atoms with Gasteiger partial charge in [-0.2, -0.15) is 5.10 Å². The first-order chi connectivity index (χ1) is 13.5. The van der Waals surface area contributed by atoms with Crippen LogP contribution in [0.25, 0.3) is 27.7 Å². The Balaban J connectivity index is 1.59. The van der Waals surface area contributed by atoms with Crippen LogP contribution in [-0.2, 0) is 7.05 Å². The van der Waals surface area contributed by atoms with Gasteiger partial charge in [0.25, 0.3) is 0 Å². The van der Waals surface area contributed by atoms with E-state index < -0.39 is 0 Å². The van der Waals surface area contributed by atoms with E-state index in [2.05, 4.69) is 22.0 Å². The summed E-state index contributed by atoms with van der Waals surface area (Å²) < 4.78 is 15.8. The molecule has 0 aliphatic heterocycles. The quantitative estimate of drug-likeness (QED) is 0.433. The van der Waals surface area contributed by atoms with Gasteiger partial charge in [0.05, 0.1) is 17.6 Å². The fraction of sp³-hybridized carbons (Fsp3) is 0.0476. The molecule has 0 aliphatic carbocycles. The van der Waals surface area contributed by atoms with E-state index in [0.717, 1.165) is 21.3 Å². The lowest BCUT2D eigenvalue weighted by Crippen LogP contribution is -1.95. The molecule has 4 nitrogen and oxygen atoms in total. The molecule has 140 valence electrons. The van der Waals surface area contributed by atoms with Crippen LogP contribution in [0.1, 0.15) is 5.56 Å². The molecule has 4 aromatic rings. The molecule has 1 N–H and O–H groups in total. The van der Waals surface area contributed by atoms with Crippen molar-refractivity contribution in [2.75, 3.05) is 5.32 Å². The Morgan fingerprint density at radius 1 is 1.18 bits per heavy atom. The van der Waals surface area contributed by atoms with Crippen LogP contribution in [0.2, 0.25) is 5.02 Å². The average Bonchev–Trinajstić information content (AvgIpc) is 3.28. The Kier molecular flexibility index (Phi) is 4.98. The number of aryl methyl sites for hydroxylation is 1. The Hall–Kier alpha value is -2.96. The first-order valence-electron chi connectivity index (χ1n) is 8.49. The van der Waals surface area contributed by atoms with Crippen LogP contribution < -0.4 is 5.32 Å². The maximum Gasteiger partial charge on any atom is 0.143 e. The maximum atomic E-state index is 14.1. The topological polar surface area (TPSA) is 42.7 Å². The largest absolute Gasteiger partial charge is 0.346 e. The molecule has 28 heavy (non-hydrogen) atoms. The SMILES string of the molecule is C=C(Nc1cnc(-c2cc(-c3ccccc3F)nn2C)s1)c1ccccc1Cl. The monoisotopic (exact) mass is 410 g/mol. The highest BCUT2D eigenvalue weighted by Crippen LogP contribution is 2.33. The summed E-state index contributed by atoms with van der Waals surface area (Å²) in [6, 6.07) is 15.9. The van der Waals surface area contributed by atoms with E-state index in [1.165, 1.54) is 17.4 Å². The van der Waals surface area contributed by atoms with E-state index in [1.807, 2.05) is 37.4 Å². The number of benzene rings is 2. The minimum Gasteiger partial charge on any atom is -0.346 e. The summed E-state index contributed by atoms with van der Waals surface area (Å²) in [5.41, 5.74) is 3.37. The van der Waals surface area contributed by atoms with E-state index in [0.29, 0.717) is 22.0 Å². The average molecular weight is 411 g/mol. The molecule has 0 unspecified atom stereocenters. The van der Waals surface area contributed by atoms with Crippen molar-refractivity contribution < 1.29 is 4.39 Å². The summed E-state index contributed by atoms with van der Waals surface area (Å²) in [6.45, 7) is 4.06. The number of nitrogens with zero attached hydrogens (tertiary/aromatic N) is 3. The number of aromatic nitrogens is 3. The van der Waals surface area contributed by atoms with E-state index in [9.17, 15) is 4.39 Å². The van der Waals surface area contributed by atoms with Gasteiger partial charge in [-0.15, -0.1) is 0 Å². The summed E-state index contributed by atoms with van der Waals surface area (Å²) in [5, 5.41) is 9.91. The smallest absolute Gasteiger partial charge is 0.143 e. The molecule has 0 aliphatic rings. The van der Waals surface area contributed by atoms with E-state index in [-0.39, 0.29) is 5.82 Å². The van der Waals surface area contributed by atoms with Crippen LogP contribution in [0.5, 0.6) is 0 Å². The van der Waals surface area contributed by atoms with Gasteiger partial charge in [-0.3, -0.25) is 4.68 Å². The molecule has 0 spiro atoms. The second-order valence-electron chi connectivity index (χ2n) is 6.13. The highest BCUT2D eigenvalue weighted by molar-refractivity contribution is 7.19. The third-order valence-corrected chi connectivity index (χ3v) is 5.49. The van der Waals surface area contributed by atoms with Crippen molar-refractivity contribution in [2.45, 2.75) is 0 Å². The molecular weight excluding hydrogens is 395 g/mol. The van der Waals surface area contributed by atoms with Crippen LogP contribution in [0, 0.1) is 5.82 Å². The van der Waals surface area contributed by atoms with Gasteiger partial charge in [0.1, 0.15) is 15.8 Å². The van der Waals surface area contributed by atoms with Gasteiger partial charge >= 0.3 is 0 Å². The summed E-state index contributed by atoms with van der Waals surface area (Å²) in [7, 11) is 1.82. The first-order valence-corrected chi connectivity index (χ1v) is 9.68. The molecule has 0 amide bonds. The van der Waals surface area contributed by atoms with Gasteiger partial charge in [-0.25, -0.2) is 9.37 Å². The van der Waals surface area contributed by atoms with E-state index in [4.69, 9.17) is 11.6 Å². The van der Waals surface area contributed by atoms with Crippen LogP contribution in [0.15, 0.2) is 67.4 Å². The molecule has 0 fully saturated rings. The number of hydrogen-bond acceptors (Lipinski definition) is 4. The lowest BCUT2D eigenvalue weighted by atomic mass is 10.1. The lowest BCUT2D eigenvalue weighted by Gasteiger charge is -2.08. The predicted octanol–water partition coefficient (Wildman–Crippen LogP) is 6.09. The second kappa shape index (κ2) is 7.58. The van der Waals surface area contributed by atoms with Gasteiger partial charge in [0.2, 0.25) is 0 Å². The van der Waals surface area contributed by atoms with Crippen LogP contribution in [-0.4, -0.2) is 14.8 Å². The van der Waals surface area contributed by atoms with Gasteiger partial charge in [0, 0.05) is 28.9 Å². The van der Waals surface area contributed by atoms with Gasteiger partial charge in [-0.1, -0.05) is 59.8 Å². The van der Waals surface area contributed by atoms with Crippen molar-refractivity contribution in [3.8, 4) is 22.0 Å². The van der Waals surface area contributed by atoms with E-state index in [1.54, 1.807) is 29.1 Å². The standard InChI is InChI=1S/C21H16ClFN4S/c1-13(14-7-3-5-9-16(14)22)25-20-12-24-21(28-20)19-11-18(26-27(19)2)15-8-4-6-10-17(15)23/h3-12,25H,1H2,2H3. The number of anilines is 1. The number of halogens is 2. The van der Waals surface area contributed by atoms with Crippen molar-refractivity contribution in [3.63, 3.8) is 0 Å². The normalized spacial score (nSPS) is 10.8. The minimum absolute atomic E-state index is 0.301. The van der Waals surface area contributed by atoms with Crippen LogP contribution in [0.4, 0.5) is 9.39 Å². The minimum atomic E-state index is -0.301. The zero-order chi connectivity index (χ0) is 19.7. The van der Waals surface area contributed by atoms with Crippen molar-refractivity contribution in [2.24, 2.45) is 7.05 Å². The molecule has 0 atom stereocenters. The predicted molar refractivity (Wildman–Crippen MR) is 114 cm³/mol. The molecule has 2 aromatic carbocycles. The summed E-state index contributed by atoms with van der Waals surface area (Å²) in [4.78, 5) is 4.47. The Bertz CT molecular complexity index is 1160. The number of hydrogen-bond donors (Lipinski definition) is 1. The zero-order valence-corrected chi connectivity index (χ0v) is 16.6. The second-order valence-corrected chi connectivity index (χ2v) is 7.57. The zero-order valence-electron chi connectivity index (χ0n) is 15.0. The van der Waals surface area contributed by atoms with Crippen molar-refractivity contribution in [1.29, 1.82) is 0 Å². The van der Waals surface area contributed by atoms with Crippen LogP contribution >= 0.6 is 22.9 Å². The molecule has 0 saturated heterocycles. The van der Waals surface area contributed by atoms with Gasteiger partial charge in [-0.05, 0) is 24.3 Å². The molecule has 7 heteroatoms. The molecule has 4 rings (SSSR count). The highest BCUT2D eigenvalue weighted by Gasteiger charge is 2.15. The summed E-state index contributed by atoms with van der Waals surface area (Å²) >= 11 is 7.69. The molecular formula is C21H16ClFN4S. The molecule has 0 radical (unpaired) electrons. The van der Waals surface area contributed by atoms with E-state index >= 15 is 0 Å². The summed E-state index contributed by atoms with van der Waals surface area (Å²) in [5.74, 6) is -0.301.